The lowest BCUT2D eigenvalue weighted by Crippen LogP contribution is -2.44. The lowest BCUT2D eigenvalue weighted by Gasteiger charge is -2.27. The minimum atomic E-state index is -0.278. The largest absolute Gasteiger partial charge is 0.489 e. The molecule has 8 heteroatoms. The Bertz CT molecular complexity index is 713. The number of ether oxygens (including phenoxy) is 1. The van der Waals surface area contributed by atoms with Crippen molar-refractivity contribution in [3.63, 3.8) is 0 Å². The summed E-state index contributed by atoms with van der Waals surface area (Å²) in [6.45, 7) is 7.43. The van der Waals surface area contributed by atoms with Crippen LogP contribution in [-0.2, 0) is 0 Å². The van der Waals surface area contributed by atoms with E-state index in [4.69, 9.17) is 4.74 Å². The molecule has 0 bridgehead atoms. The maximum atomic E-state index is 12.4. The van der Waals surface area contributed by atoms with Crippen molar-refractivity contribution in [2.45, 2.75) is 20.0 Å². The molecule has 1 aliphatic heterocycles. The van der Waals surface area contributed by atoms with Crippen LogP contribution in [0.4, 0.5) is 11.6 Å². The van der Waals surface area contributed by atoms with Crippen molar-refractivity contribution in [2.24, 2.45) is 0 Å². The fourth-order valence-corrected chi connectivity index (χ4v) is 2.50. The van der Waals surface area contributed by atoms with Crippen molar-refractivity contribution in [2.75, 3.05) is 36.4 Å². The minimum absolute atomic E-state index is 0.0195. The zero-order valence-electron chi connectivity index (χ0n) is 14.4. The first-order valence-corrected chi connectivity index (χ1v) is 8.32. The summed E-state index contributed by atoms with van der Waals surface area (Å²) in [7, 11) is 0. The summed E-state index contributed by atoms with van der Waals surface area (Å²) >= 11 is 0. The van der Waals surface area contributed by atoms with E-state index in [-0.39, 0.29) is 12.0 Å². The maximum Gasteiger partial charge on any atom is 0.257 e. The number of nitrogens with zero attached hydrogens (tertiary/aromatic N) is 4. The Hall–Kier alpha value is -2.74. The predicted molar refractivity (Wildman–Crippen MR) is 95.1 cm³/mol. The molecule has 2 aromatic heterocycles. The number of carbonyl (C=O) groups excluding carboxylic acids is 1. The molecule has 132 valence electrons. The summed E-state index contributed by atoms with van der Waals surface area (Å²) in [5.41, 5.74) is 0.961. The van der Waals surface area contributed by atoms with Crippen LogP contribution in [0.1, 0.15) is 24.2 Å². The Balaban J connectivity index is 1.64. The molecule has 2 N–H and O–H groups in total. The normalized spacial score (nSPS) is 14.4. The highest BCUT2D eigenvalue weighted by Crippen LogP contribution is 2.15. The number of aromatic nitrogens is 3. The van der Waals surface area contributed by atoms with Crippen molar-refractivity contribution >= 4 is 17.5 Å². The second-order valence-corrected chi connectivity index (χ2v) is 6.04. The lowest BCUT2D eigenvalue weighted by atomic mass is 10.2. The predicted octanol–water partition coefficient (Wildman–Crippen LogP) is 1.32. The Morgan fingerprint density at radius 2 is 1.92 bits per heavy atom. The molecule has 0 radical (unpaired) electrons. The SMILES string of the molecule is CC(C)Oc1cncc(C(=O)Nc2cnc(N3CCNCC3)nc2)c1. The molecule has 0 spiro atoms. The summed E-state index contributed by atoms with van der Waals surface area (Å²) < 4.78 is 5.56. The van der Waals surface area contributed by atoms with Crippen molar-refractivity contribution in [1.29, 1.82) is 0 Å². The molecule has 3 heterocycles. The Labute approximate surface area is 146 Å². The second kappa shape index (κ2) is 7.89. The quantitative estimate of drug-likeness (QED) is 0.846. The molecule has 25 heavy (non-hydrogen) atoms. The molecule has 3 rings (SSSR count). The van der Waals surface area contributed by atoms with E-state index in [1.807, 2.05) is 13.8 Å². The maximum absolute atomic E-state index is 12.4. The molecule has 1 amide bonds. The van der Waals surface area contributed by atoms with Gasteiger partial charge in [0.05, 0.1) is 35.9 Å². The number of pyridine rings is 1. The molecule has 0 aliphatic carbocycles. The number of amides is 1. The molecule has 0 saturated carbocycles. The molecule has 8 nitrogen and oxygen atoms in total. The van der Waals surface area contributed by atoms with Crippen LogP contribution in [0.5, 0.6) is 5.75 Å². The zero-order chi connectivity index (χ0) is 17.6. The van der Waals surface area contributed by atoms with Gasteiger partial charge in [-0.25, -0.2) is 9.97 Å². The molecular weight excluding hydrogens is 320 g/mol. The van der Waals surface area contributed by atoms with Gasteiger partial charge < -0.3 is 20.3 Å². The molecular formula is C17H22N6O2. The summed E-state index contributed by atoms with van der Waals surface area (Å²) in [5.74, 6) is 0.960. The van der Waals surface area contributed by atoms with Gasteiger partial charge in [-0.15, -0.1) is 0 Å². The number of piperazine rings is 1. The van der Waals surface area contributed by atoms with E-state index >= 15 is 0 Å². The van der Waals surface area contributed by atoms with E-state index in [0.29, 0.717) is 22.9 Å². The molecule has 1 fully saturated rings. The van der Waals surface area contributed by atoms with Gasteiger partial charge in [-0.2, -0.15) is 0 Å². The second-order valence-electron chi connectivity index (χ2n) is 6.04. The van der Waals surface area contributed by atoms with Crippen LogP contribution in [0.3, 0.4) is 0 Å². The van der Waals surface area contributed by atoms with E-state index in [9.17, 15) is 4.79 Å². The first kappa shape index (κ1) is 17.1. The third-order valence-corrected chi connectivity index (χ3v) is 3.64. The van der Waals surface area contributed by atoms with Crippen LogP contribution >= 0.6 is 0 Å². The van der Waals surface area contributed by atoms with Crippen molar-refractivity contribution in [1.82, 2.24) is 20.3 Å². The van der Waals surface area contributed by atoms with Gasteiger partial charge in [-0.1, -0.05) is 0 Å². The molecule has 2 aromatic rings. The van der Waals surface area contributed by atoms with Gasteiger partial charge in [-0.05, 0) is 19.9 Å². The van der Waals surface area contributed by atoms with Crippen molar-refractivity contribution in [3.8, 4) is 5.75 Å². The minimum Gasteiger partial charge on any atom is -0.489 e. The Morgan fingerprint density at radius 1 is 1.20 bits per heavy atom. The Kier molecular flexibility index (Phi) is 5.39. The standard InChI is InChI=1S/C17H22N6O2/c1-12(2)25-15-7-13(8-19-11-15)16(24)22-14-9-20-17(21-10-14)23-5-3-18-4-6-23/h7-12,18H,3-6H2,1-2H3,(H,22,24). The number of rotatable bonds is 5. The molecule has 1 aliphatic rings. The van der Waals surface area contributed by atoms with Gasteiger partial charge in [0.2, 0.25) is 5.95 Å². The van der Waals surface area contributed by atoms with Crippen LogP contribution in [-0.4, -0.2) is 53.1 Å². The average Bonchev–Trinajstić information content (AvgIpc) is 2.63. The smallest absolute Gasteiger partial charge is 0.257 e. The summed E-state index contributed by atoms with van der Waals surface area (Å²) in [5, 5.41) is 6.06. The van der Waals surface area contributed by atoms with Crippen LogP contribution in [0.15, 0.2) is 30.9 Å². The van der Waals surface area contributed by atoms with Crippen molar-refractivity contribution in [3.05, 3.63) is 36.4 Å². The van der Waals surface area contributed by atoms with Gasteiger partial charge in [0.1, 0.15) is 5.75 Å². The number of hydrogen-bond acceptors (Lipinski definition) is 7. The van der Waals surface area contributed by atoms with Crippen molar-refractivity contribution < 1.29 is 9.53 Å². The number of nitrogens with one attached hydrogen (secondary N) is 2. The van der Waals surface area contributed by atoms with Gasteiger partial charge in [-0.3, -0.25) is 9.78 Å². The molecule has 0 atom stereocenters. The summed E-state index contributed by atoms with van der Waals surface area (Å²) in [6, 6.07) is 1.66. The summed E-state index contributed by atoms with van der Waals surface area (Å²) in [6.07, 6.45) is 6.33. The van der Waals surface area contributed by atoms with Crippen LogP contribution < -0.4 is 20.3 Å². The van der Waals surface area contributed by atoms with E-state index in [1.54, 1.807) is 24.7 Å². The number of anilines is 2. The first-order valence-electron chi connectivity index (χ1n) is 8.32. The van der Waals surface area contributed by atoms with Crippen LogP contribution in [0.25, 0.3) is 0 Å². The fourth-order valence-electron chi connectivity index (χ4n) is 2.50. The van der Waals surface area contributed by atoms with E-state index in [1.165, 1.54) is 6.20 Å². The lowest BCUT2D eigenvalue weighted by molar-refractivity contribution is 0.102. The molecule has 1 saturated heterocycles. The van der Waals surface area contributed by atoms with Gasteiger partial charge in [0.25, 0.3) is 5.91 Å². The number of carbonyl (C=O) groups is 1. The van der Waals surface area contributed by atoms with Crippen LogP contribution in [0, 0.1) is 0 Å². The third kappa shape index (κ3) is 4.63. The molecule has 0 aromatic carbocycles. The van der Waals surface area contributed by atoms with Gasteiger partial charge in [0, 0.05) is 32.4 Å². The van der Waals surface area contributed by atoms with Gasteiger partial charge in [0.15, 0.2) is 0 Å². The van der Waals surface area contributed by atoms with E-state index in [2.05, 4.69) is 30.5 Å². The van der Waals surface area contributed by atoms with Crippen LogP contribution in [0.2, 0.25) is 0 Å². The van der Waals surface area contributed by atoms with Gasteiger partial charge >= 0.3 is 0 Å². The fraction of sp³-hybridized carbons (Fsp3) is 0.412. The highest BCUT2D eigenvalue weighted by atomic mass is 16.5. The first-order chi connectivity index (χ1) is 12.1. The zero-order valence-corrected chi connectivity index (χ0v) is 14.4. The Morgan fingerprint density at radius 3 is 2.60 bits per heavy atom. The molecule has 0 unspecified atom stereocenters. The van der Waals surface area contributed by atoms with E-state index in [0.717, 1.165) is 26.2 Å². The summed E-state index contributed by atoms with van der Waals surface area (Å²) in [4.78, 5) is 27.2. The highest BCUT2D eigenvalue weighted by molar-refractivity contribution is 6.04. The highest BCUT2D eigenvalue weighted by Gasteiger charge is 2.14. The third-order valence-electron chi connectivity index (χ3n) is 3.64. The van der Waals surface area contributed by atoms with E-state index < -0.39 is 0 Å². The monoisotopic (exact) mass is 342 g/mol. The topological polar surface area (TPSA) is 92.3 Å². The average molecular weight is 342 g/mol. The number of hydrogen-bond donors (Lipinski definition) is 2.